The standard InChI is InChI=1S/C33H32F2N4O2/c1-31(24-15-25(34)17-26(35)16-24)20-37-33(10-2-3-11-33)30(41)39(31)13-5-6-21-8-9-22-18-32(19-23(22)14-21)27-7-4-12-36-28(27)38-29(32)40/h4-9,12,14-17,37H,2-3,10-11,13,18-20H2,1H3,(H,36,38,40)/t31-,32+/m1/s1. The van der Waals surface area contributed by atoms with Crippen molar-refractivity contribution >= 4 is 23.7 Å². The molecule has 2 amide bonds. The Morgan fingerprint density at radius 1 is 1.00 bits per heavy atom. The van der Waals surface area contributed by atoms with Crippen LogP contribution in [0.1, 0.15) is 60.4 Å². The van der Waals surface area contributed by atoms with E-state index < -0.39 is 28.1 Å². The Morgan fingerprint density at radius 3 is 2.54 bits per heavy atom. The highest BCUT2D eigenvalue weighted by Crippen LogP contribution is 2.47. The number of piperazine rings is 1. The molecule has 0 bridgehead atoms. The topological polar surface area (TPSA) is 74.3 Å². The van der Waals surface area contributed by atoms with Crippen LogP contribution < -0.4 is 10.6 Å². The van der Waals surface area contributed by atoms with Crippen molar-refractivity contribution in [2.24, 2.45) is 0 Å². The van der Waals surface area contributed by atoms with E-state index >= 15 is 0 Å². The summed E-state index contributed by atoms with van der Waals surface area (Å²) in [6, 6.07) is 13.6. The van der Waals surface area contributed by atoms with Crippen molar-refractivity contribution in [1.29, 1.82) is 0 Å². The minimum atomic E-state index is -0.917. The van der Waals surface area contributed by atoms with Crippen LogP contribution in [0.3, 0.4) is 0 Å². The number of aromatic nitrogens is 1. The number of hydrogen-bond donors (Lipinski definition) is 2. The molecule has 3 heterocycles. The van der Waals surface area contributed by atoms with Gasteiger partial charge in [-0.2, -0.15) is 0 Å². The minimum absolute atomic E-state index is 0.00868. The fraction of sp³-hybridized carbons (Fsp3) is 0.364. The Morgan fingerprint density at radius 2 is 1.76 bits per heavy atom. The molecule has 8 heteroatoms. The molecule has 2 aromatic carbocycles. The first-order chi connectivity index (χ1) is 19.7. The Labute approximate surface area is 237 Å². The summed E-state index contributed by atoms with van der Waals surface area (Å²) in [5.74, 6) is -0.697. The van der Waals surface area contributed by atoms with E-state index in [0.29, 0.717) is 37.3 Å². The maximum Gasteiger partial charge on any atom is 0.243 e. The molecule has 2 N–H and O–H groups in total. The van der Waals surface area contributed by atoms with Crippen LogP contribution in [0, 0.1) is 11.6 Å². The number of amides is 2. The van der Waals surface area contributed by atoms with Gasteiger partial charge in [-0.3, -0.25) is 9.59 Å². The molecule has 0 unspecified atom stereocenters. The first-order valence-corrected chi connectivity index (χ1v) is 14.3. The number of carbonyl (C=O) groups excluding carboxylic acids is 2. The third kappa shape index (κ3) is 4.02. The van der Waals surface area contributed by atoms with Crippen LogP contribution in [-0.2, 0) is 33.4 Å². The van der Waals surface area contributed by atoms with Crippen molar-refractivity contribution in [3.63, 3.8) is 0 Å². The molecule has 2 aliphatic carbocycles. The van der Waals surface area contributed by atoms with Gasteiger partial charge in [0, 0.05) is 30.9 Å². The first kappa shape index (κ1) is 26.0. The maximum absolute atomic E-state index is 14.3. The molecule has 1 aromatic heterocycles. The molecule has 1 saturated heterocycles. The van der Waals surface area contributed by atoms with Gasteiger partial charge in [0.05, 0.1) is 16.5 Å². The summed E-state index contributed by atoms with van der Waals surface area (Å²) >= 11 is 0. The van der Waals surface area contributed by atoms with Gasteiger partial charge in [-0.05, 0) is 73.1 Å². The lowest BCUT2D eigenvalue weighted by atomic mass is 9.79. The number of carbonyl (C=O) groups is 2. The first-order valence-electron chi connectivity index (χ1n) is 14.3. The summed E-state index contributed by atoms with van der Waals surface area (Å²) in [7, 11) is 0. The SMILES string of the molecule is C[C@]1(c2cc(F)cc(F)c2)CNC2(CCCC2)C(=O)N1CC=Cc1ccc2c(c1)C[C@]1(C2)C(=O)Nc2ncccc21. The summed E-state index contributed by atoms with van der Waals surface area (Å²) in [6.45, 7) is 2.59. The molecule has 210 valence electrons. The van der Waals surface area contributed by atoms with E-state index in [2.05, 4.69) is 27.8 Å². The van der Waals surface area contributed by atoms with E-state index in [-0.39, 0.29) is 11.8 Å². The highest BCUT2D eigenvalue weighted by atomic mass is 19.1. The Kier molecular flexibility index (Phi) is 5.91. The van der Waals surface area contributed by atoms with Gasteiger partial charge in [-0.25, -0.2) is 13.8 Å². The summed E-state index contributed by atoms with van der Waals surface area (Å²) in [5, 5.41) is 6.43. The highest BCUT2D eigenvalue weighted by molar-refractivity contribution is 6.06. The Bertz CT molecular complexity index is 1590. The quantitative estimate of drug-likeness (QED) is 0.475. The molecule has 7 rings (SSSR count). The second kappa shape index (κ2) is 9.31. The monoisotopic (exact) mass is 554 g/mol. The van der Waals surface area contributed by atoms with Gasteiger partial charge in [0.25, 0.3) is 0 Å². The van der Waals surface area contributed by atoms with Gasteiger partial charge in [0.1, 0.15) is 17.5 Å². The van der Waals surface area contributed by atoms with Crippen molar-refractivity contribution in [3.05, 3.63) is 100 Å². The number of anilines is 1. The zero-order valence-electron chi connectivity index (χ0n) is 23.0. The molecule has 4 aliphatic rings. The number of pyridine rings is 1. The average molecular weight is 555 g/mol. The van der Waals surface area contributed by atoms with Crippen LogP contribution in [0.2, 0.25) is 0 Å². The third-order valence-electron chi connectivity index (χ3n) is 9.77. The molecule has 2 aliphatic heterocycles. The van der Waals surface area contributed by atoms with E-state index in [4.69, 9.17) is 0 Å². The van der Waals surface area contributed by atoms with Crippen LogP contribution in [0.25, 0.3) is 6.08 Å². The normalized spacial score (nSPS) is 26.3. The molecule has 2 atom stereocenters. The number of nitrogens with one attached hydrogen (secondary N) is 2. The molecule has 0 radical (unpaired) electrons. The summed E-state index contributed by atoms with van der Waals surface area (Å²) < 4.78 is 28.5. The fourth-order valence-electron chi connectivity index (χ4n) is 7.46. The lowest BCUT2D eigenvalue weighted by Gasteiger charge is -2.51. The van der Waals surface area contributed by atoms with Crippen molar-refractivity contribution in [2.75, 3.05) is 18.4 Å². The molecule has 6 nitrogen and oxygen atoms in total. The van der Waals surface area contributed by atoms with Gasteiger partial charge in [-0.15, -0.1) is 0 Å². The summed E-state index contributed by atoms with van der Waals surface area (Å²) in [6.07, 6.45) is 10.3. The summed E-state index contributed by atoms with van der Waals surface area (Å²) in [4.78, 5) is 33.2. The van der Waals surface area contributed by atoms with Gasteiger partial charge in [0.15, 0.2) is 0 Å². The minimum Gasteiger partial charge on any atom is -0.327 e. The average Bonchev–Trinajstić information content (AvgIpc) is 3.65. The fourth-order valence-corrected chi connectivity index (χ4v) is 7.46. The molecule has 2 spiro atoms. The zero-order valence-corrected chi connectivity index (χ0v) is 23.0. The third-order valence-corrected chi connectivity index (χ3v) is 9.77. The second-order valence-electron chi connectivity index (χ2n) is 12.2. The van der Waals surface area contributed by atoms with Crippen molar-refractivity contribution < 1.29 is 18.4 Å². The number of halogens is 2. The van der Waals surface area contributed by atoms with E-state index in [1.54, 1.807) is 11.1 Å². The number of nitrogens with zero attached hydrogens (tertiary/aromatic N) is 2. The molecule has 2 fully saturated rings. The lowest BCUT2D eigenvalue weighted by molar-refractivity contribution is -0.149. The van der Waals surface area contributed by atoms with E-state index in [1.165, 1.54) is 12.1 Å². The van der Waals surface area contributed by atoms with E-state index in [0.717, 1.165) is 54.0 Å². The highest BCUT2D eigenvalue weighted by Gasteiger charge is 2.53. The van der Waals surface area contributed by atoms with Crippen molar-refractivity contribution in [1.82, 2.24) is 15.2 Å². The number of benzene rings is 2. The number of rotatable bonds is 4. The molecule has 1 saturated carbocycles. The number of hydrogen-bond acceptors (Lipinski definition) is 4. The maximum atomic E-state index is 14.3. The van der Waals surface area contributed by atoms with Gasteiger partial charge in [0.2, 0.25) is 11.8 Å². The number of fused-ring (bicyclic) bond motifs is 3. The molecular weight excluding hydrogens is 522 g/mol. The molecular formula is C33H32F2N4O2. The summed E-state index contributed by atoms with van der Waals surface area (Å²) in [5.41, 5.74) is 2.47. The van der Waals surface area contributed by atoms with Crippen LogP contribution in [0.4, 0.5) is 14.6 Å². The smallest absolute Gasteiger partial charge is 0.243 e. The van der Waals surface area contributed by atoms with Crippen LogP contribution in [-0.4, -0.2) is 40.3 Å². The Balaban J connectivity index is 1.16. The largest absolute Gasteiger partial charge is 0.327 e. The van der Waals surface area contributed by atoms with E-state index in [9.17, 15) is 18.4 Å². The van der Waals surface area contributed by atoms with E-state index in [1.807, 2.05) is 37.3 Å². The Hall–Kier alpha value is -3.91. The van der Waals surface area contributed by atoms with Crippen molar-refractivity contribution in [2.45, 2.75) is 61.9 Å². The van der Waals surface area contributed by atoms with Crippen LogP contribution in [0.5, 0.6) is 0 Å². The van der Waals surface area contributed by atoms with Gasteiger partial charge in [-0.1, -0.05) is 49.3 Å². The molecule has 3 aromatic rings. The van der Waals surface area contributed by atoms with Gasteiger partial charge >= 0.3 is 0 Å². The van der Waals surface area contributed by atoms with Crippen molar-refractivity contribution in [3.8, 4) is 0 Å². The predicted octanol–water partition coefficient (Wildman–Crippen LogP) is 5.02. The zero-order chi connectivity index (χ0) is 28.4. The second-order valence-corrected chi connectivity index (χ2v) is 12.2. The van der Waals surface area contributed by atoms with Crippen LogP contribution >= 0.6 is 0 Å². The molecule has 41 heavy (non-hydrogen) atoms. The lowest BCUT2D eigenvalue weighted by Crippen LogP contribution is -2.70. The van der Waals surface area contributed by atoms with Crippen LogP contribution in [0.15, 0.2) is 60.8 Å². The van der Waals surface area contributed by atoms with Gasteiger partial charge < -0.3 is 15.5 Å². The predicted molar refractivity (Wildman–Crippen MR) is 152 cm³/mol.